The second-order valence-corrected chi connectivity index (χ2v) is 23.6. The number of fused-ring (bicyclic) bond motifs is 3. The molecule has 0 radical (unpaired) electrons. The number of ether oxygens (including phenoxy) is 7. The maximum Gasteiger partial charge on any atom is 0.407 e. The van der Waals surface area contributed by atoms with Crippen LogP contribution in [0.2, 0.25) is 0 Å². The molecular formula is C62H96N6O16. The number of rotatable bonds is 15. The first-order valence-electron chi connectivity index (χ1n) is 30.0. The fraction of sp³-hybridized carbons (Fsp3) is 0.710. The summed E-state index contributed by atoms with van der Waals surface area (Å²) >= 11 is 0. The SMILES string of the molecule is CO[C@H]1C[C@@H]2CC[C@@H](C)[C@@](O)(O2)C(=O)C(=O)N2CCCC[C@H]2C(=O)O[C@H]([C@H](N)C[C@@H]2CC[C@@H](OC(=O)NCCOCCC(=O)NCc3cnc(C)nc3)[C@H](OC)C2)C[C@@H](O)[C@H](C)/C=C(\C)[C@@H](O)[C@@H](OC)C(=O)[C@H](C)C[C@H](C)/C=C/C=CC=C1C. The number of nitrogens with one attached hydrogen (secondary N) is 2. The van der Waals surface area contributed by atoms with Gasteiger partial charge in [-0.2, -0.15) is 0 Å². The van der Waals surface area contributed by atoms with Crippen LogP contribution in [0.3, 0.4) is 0 Å². The minimum atomic E-state index is -2.48. The van der Waals surface area contributed by atoms with Crippen LogP contribution in [-0.4, -0.2) is 180 Å². The van der Waals surface area contributed by atoms with Crippen LogP contribution in [0, 0.1) is 36.5 Å². The van der Waals surface area contributed by atoms with E-state index in [1.807, 2.05) is 44.2 Å². The number of aliphatic hydroxyl groups is 3. The third-order valence-electron chi connectivity index (χ3n) is 17.0. The fourth-order valence-corrected chi connectivity index (χ4v) is 11.6. The molecule has 1 aromatic heterocycles. The molecule has 4 aliphatic rings. The van der Waals surface area contributed by atoms with Crippen molar-refractivity contribution in [3.63, 3.8) is 0 Å². The molecule has 22 nitrogen and oxygen atoms in total. The highest BCUT2D eigenvalue weighted by atomic mass is 16.6. The number of amides is 3. The first-order valence-corrected chi connectivity index (χ1v) is 30.0. The molecule has 470 valence electrons. The number of allylic oxidation sites excluding steroid dienone is 5. The topological polar surface area (TPSA) is 307 Å². The molecule has 2 saturated heterocycles. The lowest BCUT2D eigenvalue weighted by atomic mass is 9.80. The highest BCUT2D eigenvalue weighted by molar-refractivity contribution is 6.39. The van der Waals surface area contributed by atoms with Crippen molar-refractivity contribution < 1.29 is 77.2 Å². The Labute approximate surface area is 496 Å². The number of aliphatic hydroxyl groups excluding tert-OH is 2. The number of cyclic esters (lactones) is 1. The Kier molecular flexibility index (Phi) is 28.2. The van der Waals surface area contributed by atoms with Crippen molar-refractivity contribution >= 4 is 35.4 Å². The van der Waals surface area contributed by atoms with Crippen LogP contribution in [0.25, 0.3) is 0 Å². The molecule has 0 aromatic carbocycles. The first kappa shape index (κ1) is 69.5. The Hall–Kier alpha value is -5.30. The van der Waals surface area contributed by atoms with E-state index in [9.17, 15) is 44.1 Å². The van der Waals surface area contributed by atoms with Gasteiger partial charge < -0.3 is 69.7 Å². The third kappa shape index (κ3) is 20.4. The summed E-state index contributed by atoms with van der Waals surface area (Å²) in [6.45, 7) is 13.3. The lowest BCUT2D eigenvalue weighted by molar-refractivity contribution is -0.265. The summed E-state index contributed by atoms with van der Waals surface area (Å²) in [6.07, 6.45) is 11.2. The van der Waals surface area contributed by atoms with Crippen LogP contribution in [0.1, 0.15) is 136 Å². The van der Waals surface area contributed by atoms with Gasteiger partial charge in [-0.3, -0.25) is 19.2 Å². The zero-order valence-corrected chi connectivity index (χ0v) is 51.1. The van der Waals surface area contributed by atoms with Crippen molar-refractivity contribution in [1.82, 2.24) is 25.5 Å². The molecular weight excluding hydrogens is 1080 g/mol. The molecule has 0 spiro atoms. The molecule has 7 N–H and O–H groups in total. The molecule has 2 bridgehead atoms. The lowest BCUT2D eigenvalue weighted by Crippen LogP contribution is -2.61. The second kappa shape index (κ2) is 34.1. The molecule has 22 heteroatoms. The number of hydrogen-bond acceptors (Lipinski definition) is 19. The number of aryl methyl sites for hydroxylation is 1. The number of nitrogens with two attached hydrogens (primary N) is 1. The Morgan fingerprint density at radius 2 is 1.58 bits per heavy atom. The van der Waals surface area contributed by atoms with Crippen LogP contribution < -0.4 is 16.4 Å². The number of Topliss-reactive ketones (excluding diaryl/α,β-unsaturated/α-hetero) is 2. The highest BCUT2D eigenvalue weighted by Crippen LogP contribution is 2.38. The van der Waals surface area contributed by atoms with Gasteiger partial charge in [0.1, 0.15) is 36.3 Å². The quantitative estimate of drug-likeness (QED) is 0.0568. The minimum absolute atomic E-state index is 0.00890. The van der Waals surface area contributed by atoms with Crippen molar-refractivity contribution in [3.8, 4) is 0 Å². The Morgan fingerprint density at radius 1 is 0.845 bits per heavy atom. The molecule has 3 fully saturated rings. The zero-order valence-electron chi connectivity index (χ0n) is 51.1. The standard InChI is InChI=1S/C62H96N6O16/c1-37-16-12-11-13-17-38(2)51(78-8)32-46-21-19-42(6)62(77,84-46)58(73)59(74)68-25-15-14-18-48(68)60(75)82-52(33-49(69)39(3)29-41(5)56(72)57(80-10)55(71)40(4)28-37)47(63)30-44-20-22-50(53(31-44)79-9)83-61(76)64-24-27-81-26-23-54(70)67-36-45-34-65-43(7)66-35-45/h11-13,16-17,29,34-35,37,39-40,42,44,46-53,56-57,69,72,77H,14-15,18-28,30-33,36,63H2,1-10H3,(H,64,76)(H,67,70)/b13-11?,16-12+,38-17?,41-29+/t37-,39-,40-,42-,44+,46+,47-,48+,49-,50-,51+,52+,53-,56-,57+,62-/m1/s1. The van der Waals surface area contributed by atoms with Gasteiger partial charge in [-0.25, -0.2) is 19.6 Å². The van der Waals surface area contributed by atoms with Crippen LogP contribution in [-0.2, 0) is 63.7 Å². The molecule has 1 saturated carbocycles. The van der Waals surface area contributed by atoms with Crippen molar-refractivity contribution in [2.75, 3.05) is 47.6 Å². The predicted octanol–water partition coefficient (Wildman–Crippen LogP) is 5.22. The number of aromatic nitrogens is 2. The molecule has 16 atom stereocenters. The third-order valence-corrected chi connectivity index (χ3v) is 17.0. The van der Waals surface area contributed by atoms with Crippen LogP contribution in [0.15, 0.2) is 60.0 Å². The molecule has 4 heterocycles. The van der Waals surface area contributed by atoms with Crippen molar-refractivity contribution in [2.45, 2.75) is 205 Å². The van der Waals surface area contributed by atoms with Crippen LogP contribution in [0.5, 0.6) is 0 Å². The molecule has 84 heavy (non-hydrogen) atoms. The van der Waals surface area contributed by atoms with E-state index in [-0.39, 0.29) is 81.9 Å². The maximum absolute atomic E-state index is 14.6. The summed E-state index contributed by atoms with van der Waals surface area (Å²) in [5.41, 5.74) is 9.05. The summed E-state index contributed by atoms with van der Waals surface area (Å²) in [7, 11) is 4.45. The van der Waals surface area contributed by atoms with Crippen molar-refractivity contribution in [1.29, 1.82) is 0 Å². The van der Waals surface area contributed by atoms with E-state index in [0.29, 0.717) is 69.3 Å². The number of carbonyl (C=O) groups excluding carboxylic acids is 6. The number of hydrogen-bond donors (Lipinski definition) is 6. The number of piperidine rings is 1. The average Bonchev–Trinajstić information content (AvgIpc) is 2.31. The van der Waals surface area contributed by atoms with Crippen molar-refractivity contribution in [2.24, 2.45) is 35.3 Å². The molecule has 3 amide bonds. The Bertz CT molecular complexity index is 2440. The summed E-state index contributed by atoms with van der Waals surface area (Å²) in [6, 6.07) is -2.11. The number of nitrogens with zero attached hydrogens (tertiary/aromatic N) is 3. The molecule has 5 rings (SSSR count). The summed E-state index contributed by atoms with van der Waals surface area (Å²) in [4.78, 5) is 91.8. The first-order chi connectivity index (χ1) is 40.0. The van der Waals surface area contributed by atoms with E-state index in [4.69, 9.17) is 38.9 Å². The van der Waals surface area contributed by atoms with E-state index < -0.39 is 108 Å². The average molecular weight is 1180 g/mol. The highest BCUT2D eigenvalue weighted by Gasteiger charge is 2.53. The maximum atomic E-state index is 14.6. The monoisotopic (exact) mass is 1180 g/mol. The summed E-state index contributed by atoms with van der Waals surface area (Å²) in [5, 5.41) is 41.1. The second-order valence-electron chi connectivity index (χ2n) is 23.6. The number of carbonyl (C=O) groups is 6. The van der Waals surface area contributed by atoms with E-state index >= 15 is 0 Å². The van der Waals surface area contributed by atoms with Crippen LogP contribution >= 0.6 is 0 Å². The van der Waals surface area contributed by atoms with Gasteiger partial charge in [0.25, 0.3) is 11.7 Å². The largest absolute Gasteiger partial charge is 0.459 e. The van der Waals surface area contributed by atoms with E-state index in [1.165, 1.54) is 14.2 Å². The zero-order chi connectivity index (χ0) is 61.7. The van der Waals surface area contributed by atoms with Gasteiger partial charge in [0.2, 0.25) is 11.7 Å². The minimum Gasteiger partial charge on any atom is -0.459 e. The number of alkyl carbamates (subject to hydrolysis) is 1. The summed E-state index contributed by atoms with van der Waals surface area (Å²) in [5.74, 6) is -7.42. The molecule has 0 unspecified atom stereocenters. The molecule has 3 aliphatic heterocycles. The van der Waals surface area contributed by atoms with Gasteiger partial charge in [-0.15, -0.1) is 0 Å². The van der Waals surface area contributed by atoms with Gasteiger partial charge in [-0.1, -0.05) is 64.2 Å². The predicted molar refractivity (Wildman–Crippen MR) is 311 cm³/mol. The normalized spacial score (nSPS) is 33.6. The Morgan fingerprint density at radius 3 is 2.29 bits per heavy atom. The van der Waals surface area contributed by atoms with E-state index in [0.717, 1.165) is 16.0 Å². The Balaban J connectivity index is 1.31. The molecule has 1 aromatic rings. The summed E-state index contributed by atoms with van der Waals surface area (Å²) < 4.78 is 41.1. The van der Waals surface area contributed by atoms with Gasteiger partial charge in [-0.05, 0) is 108 Å². The fourth-order valence-electron chi connectivity index (χ4n) is 11.6. The lowest BCUT2D eigenvalue weighted by Gasteiger charge is -2.42. The van der Waals surface area contributed by atoms with Crippen LogP contribution in [0.4, 0.5) is 4.79 Å². The molecule has 1 aliphatic carbocycles. The van der Waals surface area contributed by atoms with Gasteiger partial charge in [0, 0.05) is 102 Å². The van der Waals surface area contributed by atoms with E-state index in [2.05, 4.69) is 20.6 Å². The van der Waals surface area contributed by atoms with Gasteiger partial charge in [0.15, 0.2) is 5.78 Å². The van der Waals surface area contributed by atoms with E-state index in [1.54, 1.807) is 60.2 Å². The van der Waals surface area contributed by atoms with Gasteiger partial charge >= 0.3 is 12.1 Å². The van der Waals surface area contributed by atoms with Gasteiger partial charge in [0.05, 0.1) is 37.6 Å². The number of ketones is 2. The smallest absolute Gasteiger partial charge is 0.407 e. The number of esters is 1. The number of methoxy groups -OCH3 is 3. The van der Waals surface area contributed by atoms with Crippen molar-refractivity contribution in [3.05, 3.63) is 71.4 Å².